The van der Waals surface area contributed by atoms with Gasteiger partial charge in [0.25, 0.3) is 0 Å². The minimum Gasteiger partial charge on any atom is -0.493 e. The van der Waals surface area contributed by atoms with Gasteiger partial charge in [-0.1, -0.05) is 13.0 Å². The molecule has 0 bridgehead atoms. The highest BCUT2D eigenvalue weighted by Gasteiger charge is 2.14. The molecular weight excluding hydrogens is 314 g/mol. The average molecular weight is 345 g/mol. The van der Waals surface area contributed by atoms with Gasteiger partial charge in [0.2, 0.25) is 0 Å². The molecule has 0 amide bonds. The van der Waals surface area contributed by atoms with Crippen molar-refractivity contribution in [1.82, 2.24) is 10.2 Å². The second-order valence-corrected chi connectivity index (χ2v) is 6.80. The molecule has 0 spiro atoms. The Labute approximate surface area is 151 Å². The van der Waals surface area contributed by atoms with Gasteiger partial charge in [0.15, 0.2) is 11.5 Å². The second-order valence-electron chi connectivity index (χ2n) is 6.80. The molecule has 0 aromatic heterocycles. The first kappa shape index (κ1) is 19.6. The van der Waals surface area contributed by atoms with E-state index in [1.165, 1.54) is 31.5 Å². The van der Waals surface area contributed by atoms with Gasteiger partial charge in [-0.3, -0.25) is 0 Å². The number of nitriles is 1. The summed E-state index contributed by atoms with van der Waals surface area (Å²) < 4.78 is 11.1. The largest absolute Gasteiger partial charge is 0.493 e. The third kappa shape index (κ3) is 6.93. The SMILES string of the molecule is COc1ccc(CNCCN2CCC(C)CC2)cc1OCCCC#N. The maximum atomic E-state index is 8.59. The third-order valence-corrected chi connectivity index (χ3v) is 4.73. The van der Waals surface area contributed by atoms with Gasteiger partial charge in [0.1, 0.15) is 0 Å². The molecule has 1 heterocycles. The van der Waals surface area contributed by atoms with E-state index in [0.717, 1.165) is 43.5 Å². The number of hydrogen-bond donors (Lipinski definition) is 1. The highest BCUT2D eigenvalue weighted by molar-refractivity contribution is 5.42. The van der Waals surface area contributed by atoms with Crippen LogP contribution in [0.25, 0.3) is 0 Å². The molecule has 0 unspecified atom stereocenters. The van der Waals surface area contributed by atoms with E-state index in [1.54, 1.807) is 7.11 Å². The van der Waals surface area contributed by atoms with Gasteiger partial charge in [0.05, 0.1) is 19.8 Å². The van der Waals surface area contributed by atoms with Gasteiger partial charge >= 0.3 is 0 Å². The molecule has 1 aliphatic rings. The fourth-order valence-corrected chi connectivity index (χ4v) is 3.03. The molecule has 1 fully saturated rings. The van der Waals surface area contributed by atoms with E-state index in [1.807, 2.05) is 12.1 Å². The molecule has 25 heavy (non-hydrogen) atoms. The number of nitrogens with one attached hydrogen (secondary N) is 1. The average Bonchev–Trinajstić information content (AvgIpc) is 2.64. The lowest BCUT2D eigenvalue weighted by Crippen LogP contribution is -2.37. The van der Waals surface area contributed by atoms with Crippen LogP contribution in [0.1, 0.15) is 38.2 Å². The molecule has 0 radical (unpaired) electrons. The summed E-state index contributed by atoms with van der Waals surface area (Å²) in [7, 11) is 1.65. The van der Waals surface area contributed by atoms with Crippen molar-refractivity contribution in [1.29, 1.82) is 5.26 Å². The maximum absolute atomic E-state index is 8.59. The Kier molecular flexibility index (Phi) is 8.58. The van der Waals surface area contributed by atoms with Crippen LogP contribution < -0.4 is 14.8 Å². The molecule has 0 atom stereocenters. The van der Waals surface area contributed by atoms with Crippen LogP contribution >= 0.6 is 0 Å². The number of ether oxygens (including phenoxy) is 2. The first-order valence-electron chi connectivity index (χ1n) is 9.32. The van der Waals surface area contributed by atoms with Crippen LogP contribution in [0.3, 0.4) is 0 Å². The number of hydrogen-bond acceptors (Lipinski definition) is 5. The predicted octanol–water partition coefficient (Wildman–Crippen LogP) is 3.20. The van der Waals surface area contributed by atoms with Crippen molar-refractivity contribution in [2.75, 3.05) is 39.9 Å². The van der Waals surface area contributed by atoms with Crippen molar-refractivity contribution in [2.24, 2.45) is 5.92 Å². The summed E-state index contributed by atoms with van der Waals surface area (Å²) in [5.41, 5.74) is 1.18. The molecule has 0 aliphatic carbocycles. The van der Waals surface area contributed by atoms with Crippen LogP contribution in [0.15, 0.2) is 18.2 Å². The van der Waals surface area contributed by atoms with Gasteiger partial charge in [-0.15, -0.1) is 0 Å². The molecular formula is C20H31N3O2. The summed E-state index contributed by atoms with van der Waals surface area (Å²) >= 11 is 0. The Morgan fingerprint density at radius 2 is 2.08 bits per heavy atom. The molecule has 5 heteroatoms. The summed E-state index contributed by atoms with van der Waals surface area (Å²) in [6.07, 6.45) is 3.89. The van der Waals surface area contributed by atoms with Crippen LogP contribution in [0.2, 0.25) is 0 Å². The van der Waals surface area contributed by atoms with E-state index in [2.05, 4.69) is 29.3 Å². The lowest BCUT2D eigenvalue weighted by atomic mass is 9.99. The van der Waals surface area contributed by atoms with Gasteiger partial charge in [-0.2, -0.15) is 5.26 Å². The van der Waals surface area contributed by atoms with E-state index < -0.39 is 0 Å². The predicted molar refractivity (Wildman–Crippen MR) is 99.9 cm³/mol. The van der Waals surface area contributed by atoms with Crippen molar-refractivity contribution >= 4 is 0 Å². The fraction of sp³-hybridized carbons (Fsp3) is 0.650. The Hall–Kier alpha value is -1.77. The van der Waals surface area contributed by atoms with E-state index in [-0.39, 0.29) is 0 Å². The smallest absolute Gasteiger partial charge is 0.161 e. The van der Waals surface area contributed by atoms with Gasteiger partial charge in [-0.25, -0.2) is 0 Å². The zero-order chi connectivity index (χ0) is 17.9. The highest BCUT2D eigenvalue weighted by atomic mass is 16.5. The third-order valence-electron chi connectivity index (χ3n) is 4.73. The number of rotatable bonds is 10. The Morgan fingerprint density at radius 1 is 1.28 bits per heavy atom. The zero-order valence-corrected chi connectivity index (χ0v) is 15.6. The molecule has 1 saturated heterocycles. The van der Waals surface area contributed by atoms with Crippen molar-refractivity contribution < 1.29 is 9.47 Å². The van der Waals surface area contributed by atoms with E-state index in [0.29, 0.717) is 13.0 Å². The first-order chi connectivity index (χ1) is 12.2. The molecule has 1 aromatic carbocycles. The van der Waals surface area contributed by atoms with Crippen molar-refractivity contribution in [2.45, 2.75) is 39.2 Å². The molecule has 2 rings (SSSR count). The van der Waals surface area contributed by atoms with Gasteiger partial charge < -0.3 is 19.7 Å². The normalized spacial score (nSPS) is 15.7. The quantitative estimate of drug-likeness (QED) is 0.660. The van der Waals surface area contributed by atoms with E-state index in [4.69, 9.17) is 14.7 Å². The van der Waals surface area contributed by atoms with E-state index in [9.17, 15) is 0 Å². The van der Waals surface area contributed by atoms with Crippen molar-refractivity contribution in [3.05, 3.63) is 23.8 Å². The van der Waals surface area contributed by atoms with Crippen molar-refractivity contribution in [3.8, 4) is 17.6 Å². The lowest BCUT2D eigenvalue weighted by molar-refractivity contribution is 0.193. The van der Waals surface area contributed by atoms with Gasteiger partial charge in [0, 0.05) is 26.1 Å². The Morgan fingerprint density at radius 3 is 2.80 bits per heavy atom. The maximum Gasteiger partial charge on any atom is 0.161 e. The van der Waals surface area contributed by atoms with Crippen LogP contribution in [0, 0.1) is 17.2 Å². The van der Waals surface area contributed by atoms with Crippen LogP contribution in [0.4, 0.5) is 0 Å². The summed E-state index contributed by atoms with van der Waals surface area (Å²) in [4.78, 5) is 2.55. The van der Waals surface area contributed by atoms with Crippen LogP contribution in [0.5, 0.6) is 11.5 Å². The van der Waals surface area contributed by atoms with Crippen LogP contribution in [-0.4, -0.2) is 44.8 Å². The molecule has 5 nitrogen and oxygen atoms in total. The van der Waals surface area contributed by atoms with Crippen LogP contribution in [-0.2, 0) is 6.54 Å². The zero-order valence-electron chi connectivity index (χ0n) is 15.6. The minimum absolute atomic E-state index is 0.513. The monoisotopic (exact) mass is 345 g/mol. The molecule has 1 N–H and O–H groups in total. The fourth-order valence-electron chi connectivity index (χ4n) is 3.03. The highest BCUT2D eigenvalue weighted by Crippen LogP contribution is 2.28. The number of piperidine rings is 1. The first-order valence-corrected chi connectivity index (χ1v) is 9.32. The number of nitrogens with zero attached hydrogens (tertiary/aromatic N) is 2. The second kappa shape index (κ2) is 11.0. The summed E-state index contributed by atoms with van der Waals surface area (Å²) in [6, 6.07) is 8.17. The summed E-state index contributed by atoms with van der Waals surface area (Å²) in [5, 5.41) is 12.1. The molecule has 138 valence electrons. The molecule has 0 saturated carbocycles. The van der Waals surface area contributed by atoms with Crippen molar-refractivity contribution in [3.63, 3.8) is 0 Å². The summed E-state index contributed by atoms with van der Waals surface area (Å²) in [5.74, 6) is 2.38. The van der Waals surface area contributed by atoms with Gasteiger partial charge in [-0.05, 0) is 56.0 Å². The van der Waals surface area contributed by atoms with E-state index >= 15 is 0 Å². The Balaban J connectivity index is 1.74. The lowest BCUT2D eigenvalue weighted by Gasteiger charge is -2.30. The Bertz CT molecular complexity index is 548. The molecule has 1 aromatic rings. The molecule has 1 aliphatic heterocycles. The number of methoxy groups -OCH3 is 1. The standard InChI is InChI=1S/C20H31N3O2/c1-17-7-11-23(12-8-17)13-10-22-16-18-5-6-19(24-2)20(15-18)25-14-4-3-9-21/h5-6,15,17,22H,3-4,7-8,10-14,16H2,1-2H3. The number of likely N-dealkylation sites (tertiary alicyclic amines) is 1. The topological polar surface area (TPSA) is 57.5 Å². The minimum atomic E-state index is 0.513. The summed E-state index contributed by atoms with van der Waals surface area (Å²) in [6.45, 7) is 8.27. The number of benzene rings is 1. The number of unbranched alkanes of at least 4 members (excludes halogenated alkanes) is 1.